The first-order chi connectivity index (χ1) is 12.1. The van der Waals surface area contributed by atoms with Crippen LogP contribution in [-0.2, 0) is 0 Å². The van der Waals surface area contributed by atoms with E-state index in [9.17, 15) is 0 Å². The van der Waals surface area contributed by atoms with E-state index in [4.69, 9.17) is 13.7 Å². The molecule has 0 spiro atoms. The predicted molar refractivity (Wildman–Crippen MR) is 70.4 cm³/mol. The minimum Gasteiger partial charge on any atom is -0.0616 e. The van der Waals surface area contributed by atoms with E-state index in [0.29, 0.717) is 0 Å². The molecule has 0 heterocycles. The third kappa shape index (κ3) is 0.892. The molecule has 0 atom stereocenters. The van der Waals surface area contributed by atoms with Crippen molar-refractivity contribution < 1.29 is 13.7 Å². The van der Waals surface area contributed by atoms with Gasteiger partial charge in [-0.3, -0.25) is 0 Å². The van der Waals surface area contributed by atoms with Crippen LogP contribution >= 0.6 is 0 Å². The molecule has 0 amide bonds. The molecule has 4 rings (SSSR count). The van der Waals surface area contributed by atoms with Crippen molar-refractivity contribution in [1.82, 2.24) is 0 Å². The van der Waals surface area contributed by atoms with Crippen LogP contribution in [0.3, 0.4) is 0 Å². The molecule has 1 aliphatic rings. The summed E-state index contributed by atoms with van der Waals surface area (Å²) in [5.41, 5.74) is -0.0664. The zero-order valence-electron chi connectivity index (χ0n) is 18.0. The second kappa shape index (κ2) is 2.73. The van der Waals surface area contributed by atoms with E-state index in [-0.39, 0.29) is 50.8 Å². The summed E-state index contributed by atoms with van der Waals surface area (Å²) in [6, 6.07) is -4.26. The van der Waals surface area contributed by atoms with Gasteiger partial charge in [0, 0.05) is 0 Å². The van der Waals surface area contributed by atoms with Gasteiger partial charge in [0.05, 0.1) is 13.7 Å². The maximum atomic E-state index is 8.42. The number of hydrogen-bond acceptors (Lipinski definition) is 0. The molecule has 0 N–H and O–H groups in total. The Kier molecular flexibility index (Phi) is 0.548. The van der Waals surface area contributed by atoms with Gasteiger partial charge in [-0.2, -0.15) is 0 Å². The maximum Gasteiger partial charge on any atom is 0.0636 e. The van der Waals surface area contributed by atoms with E-state index in [1.165, 1.54) is 0 Å². The van der Waals surface area contributed by atoms with Gasteiger partial charge in [-0.25, -0.2) is 0 Å². The second-order valence-electron chi connectivity index (χ2n) is 3.50. The van der Waals surface area contributed by atoms with Crippen molar-refractivity contribution in [3.8, 4) is 0 Å². The van der Waals surface area contributed by atoms with Gasteiger partial charge in [0.2, 0.25) is 0 Å². The summed E-state index contributed by atoms with van der Waals surface area (Å²) in [4.78, 5) is 0. The summed E-state index contributed by atoms with van der Waals surface area (Å²) < 4.78 is 81.1. The van der Waals surface area contributed by atoms with E-state index in [2.05, 4.69) is 0 Å². The Morgan fingerprint density at radius 1 is 0.750 bits per heavy atom. The molecular formula is C16H10. The van der Waals surface area contributed by atoms with Gasteiger partial charge in [0.25, 0.3) is 0 Å². The van der Waals surface area contributed by atoms with E-state index >= 15 is 0 Å². The van der Waals surface area contributed by atoms with Gasteiger partial charge in [0.1, 0.15) is 0 Å². The van der Waals surface area contributed by atoms with Crippen LogP contribution in [0.15, 0.2) is 48.3 Å². The van der Waals surface area contributed by atoms with Gasteiger partial charge in [0.15, 0.2) is 0 Å². The Balaban J connectivity index is 2.52. The topological polar surface area (TPSA) is 0 Å². The Bertz CT molecular complexity index is 1220. The van der Waals surface area contributed by atoms with Crippen molar-refractivity contribution in [3.05, 3.63) is 59.5 Å². The van der Waals surface area contributed by atoms with Gasteiger partial charge in [-0.05, 0) is 38.7 Å². The zero-order chi connectivity index (χ0) is 19.2. The minimum absolute atomic E-state index is 0.0130. The standard InChI is InChI=1S/C16H10/c1-2-6-14-12(4-1)10-13-9-8-11-5-3-7-15(14)16(11)13/h1-10H/i1D,2D,3D,4D,5D,6D,7D,8D,9D,10D. The van der Waals surface area contributed by atoms with E-state index in [0.717, 1.165) is 0 Å². The molecule has 0 saturated heterocycles. The first kappa shape index (κ1) is 3.21. The van der Waals surface area contributed by atoms with Crippen LogP contribution in [0.2, 0.25) is 0 Å². The van der Waals surface area contributed by atoms with Crippen LogP contribution in [-0.4, -0.2) is 0 Å². The Hall–Kier alpha value is -2.08. The summed E-state index contributed by atoms with van der Waals surface area (Å²) in [6.07, 6.45) is 0. The van der Waals surface area contributed by atoms with Crippen molar-refractivity contribution in [2.75, 3.05) is 0 Å². The second-order valence-corrected chi connectivity index (χ2v) is 3.50. The first-order valence-electron chi connectivity index (χ1n) is 9.75. The molecule has 3 aromatic rings. The fourth-order valence-electron chi connectivity index (χ4n) is 1.94. The number of hydrogen-bond donors (Lipinski definition) is 0. The monoisotopic (exact) mass is 212 g/mol. The molecule has 0 saturated carbocycles. The fourth-order valence-corrected chi connectivity index (χ4v) is 1.94. The normalized spacial score (nSPS) is 22.8. The molecule has 74 valence electrons. The molecule has 0 unspecified atom stereocenters. The lowest BCUT2D eigenvalue weighted by Crippen LogP contribution is -1.81. The van der Waals surface area contributed by atoms with Crippen molar-refractivity contribution in [2.45, 2.75) is 0 Å². The molecule has 0 heteroatoms. The molecule has 0 fully saturated rings. The SMILES string of the molecule is [2H]C1=C([2H])c2c([2H])c3c([2H])c([2H])c([2H])c([2H])c3c3c([2H])c([2H])c([2H])c1c23. The van der Waals surface area contributed by atoms with Crippen molar-refractivity contribution in [1.29, 1.82) is 0 Å². The molecule has 0 radical (unpaired) electrons. The highest BCUT2D eigenvalue weighted by molar-refractivity contribution is 6.16. The van der Waals surface area contributed by atoms with Crippen LogP contribution in [0.1, 0.15) is 24.8 Å². The van der Waals surface area contributed by atoms with Crippen molar-refractivity contribution in [3.63, 3.8) is 0 Å². The quantitative estimate of drug-likeness (QED) is 0.482. The lowest BCUT2D eigenvalue weighted by molar-refractivity contribution is 1.74. The third-order valence-electron chi connectivity index (χ3n) is 2.62. The zero-order valence-corrected chi connectivity index (χ0v) is 8.00. The molecule has 0 aliphatic heterocycles. The Morgan fingerprint density at radius 2 is 1.56 bits per heavy atom. The van der Waals surface area contributed by atoms with Crippen LogP contribution in [0, 0.1) is 0 Å². The average molecular weight is 212 g/mol. The molecule has 0 nitrogen and oxygen atoms in total. The van der Waals surface area contributed by atoms with Crippen LogP contribution < -0.4 is 0 Å². The molecular weight excluding hydrogens is 192 g/mol. The molecule has 1 aliphatic carbocycles. The van der Waals surface area contributed by atoms with E-state index in [1.54, 1.807) is 0 Å². The number of rotatable bonds is 0. The third-order valence-corrected chi connectivity index (χ3v) is 2.62. The van der Waals surface area contributed by atoms with Gasteiger partial charge >= 0.3 is 0 Å². The summed E-state index contributed by atoms with van der Waals surface area (Å²) >= 11 is 0. The van der Waals surface area contributed by atoms with Crippen LogP contribution in [0.4, 0.5) is 0 Å². The lowest BCUT2D eigenvalue weighted by Gasteiger charge is -2.06. The summed E-state index contributed by atoms with van der Waals surface area (Å²) in [7, 11) is 0. The number of fused-ring (bicyclic) bond motifs is 2. The summed E-state index contributed by atoms with van der Waals surface area (Å²) in [6.45, 7) is 0. The highest BCUT2D eigenvalue weighted by atomic mass is 14.1. The summed E-state index contributed by atoms with van der Waals surface area (Å²) in [5, 5.41) is -0.133. The highest BCUT2D eigenvalue weighted by Crippen LogP contribution is 2.36. The van der Waals surface area contributed by atoms with Gasteiger partial charge in [-0.15, -0.1) is 0 Å². The average Bonchev–Trinajstić information content (AvgIpc) is 2.87. The molecule has 3 aromatic carbocycles. The largest absolute Gasteiger partial charge is 0.0636 e. The molecule has 0 aromatic heterocycles. The smallest absolute Gasteiger partial charge is 0.0616 e. The van der Waals surface area contributed by atoms with Crippen LogP contribution in [0.5, 0.6) is 0 Å². The van der Waals surface area contributed by atoms with E-state index < -0.39 is 42.3 Å². The Labute approximate surface area is 108 Å². The van der Waals surface area contributed by atoms with Gasteiger partial charge < -0.3 is 0 Å². The summed E-state index contributed by atoms with van der Waals surface area (Å²) in [5.74, 6) is 0. The maximum absolute atomic E-state index is 8.42. The van der Waals surface area contributed by atoms with E-state index in [1.807, 2.05) is 0 Å². The van der Waals surface area contributed by atoms with Gasteiger partial charge in [-0.1, -0.05) is 54.4 Å². The lowest BCUT2D eigenvalue weighted by atomic mass is 9.97. The fraction of sp³-hybridized carbons (Fsp3) is 0. The first-order valence-corrected chi connectivity index (χ1v) is 4.75. The minimum atomic E-state index is -0.530. The van der Waals surface area contributed by atoms with Crippen molar-refractivity contribution in [2.24, 2.45) is 0 Å². The highest BCUT2D eigenvalue weighted by Gasteiger charge is 2.10. The Morgan fingerprint density at radius 3 is 2.56 bits per heavy atom. The predicted octanol–water partition coefficient (Wildman–Crippen LogP) is 4.48. The molecule has 0 bridgehead atoms. The molecule has 16 heavy (non-hydrogen) atoms. The van der Waals surface area contributed by atoms with Crippen molar-refractivity contribution >= 4 is 33.6 Å². The van der Waals surface area contributed by atoms with Crippen LogP contribution in [0.25, 0.3) is 33.6 Å². The number of benzene rings is 3.